The minimum absolute atomic E-state index is 0.0213. The summed E-state index contributed by atoms with van der Waals surface area (Å²) in [7, 11) is 0. The average molecular weight is 499 g/mol. The third-order valence-corrected chi connectivity index (χ3v) is 6.06. The van der Waals surface area contributed by atoms with Gasteiger partial charge in [-0.15, -0.1) is 0 Å². The first-order valence-corrected chi connectivity index (χ1v) is 11.2. The minimum Gasteiger partial charge on any atom is -0.489 e. The summed E-state index contributed by atoms with van der Waals surface area (Å²) in [6.45, 7) is 1.60. The first-order valence-electron chi connectivity index (χ1n) is 11.2. The number of alkyl halides is 6. The van der Waals surface area contributed by atoms with Crippen molar-refractivity contribution in [2.75, 3.05) is 6.61 Å². The molecule has 2 heterocycles. The number of carbonyl (C=O) groups excluding carboxylic acids is 1. The Kier molecular flexibility index (Phi) is 6.75. The Labute approximate surface area is 197 Å². The van der Waals surface area contributed by atoms with Crippen molar-refractivity contribution >= 4 is 11.5 Å². The Morgan fingerprint density at radius 1 is 1.03 bits per heavy atom. The van der Waals surface area contributed by atoms with Crippen molar-refractivity contribution in [1.29, 1.82) is 0 Å². The van der Waals surface area contributed by atoms with Crippen LogP contribution >= 0.6 is 0 Å². The van der Waals surface area contributed by atoms with E-state index in [9.17, 15) is 31.1 Å². The number of rotatable bonds is 6. The van der Waals surface area contributed by atoms with Gasteiger partial charge < -0.3 is 13.9 Å². The molecule has 10 heteroatoms. The highest BCUT2D eigenvalue weighted by Gasteiger charge is 2.37. The number of benzene rings is 1. The highest BCUT2D eigenvalue weighted by atomic mass is 19.4. The molecular formula is C25H23F6NO3. The van der Waals surface area contributed by atoms with E-state index in [-0.39, 0.29) is 29.9 Å². The van der Waals surface area contributed by atoms with E-state index in [0.29, 0.717) is 24.5 Å². The van der Waals surface area contributed by atoms with Crippen LogP contribution in [0.4, 0.5) is 26.3 Å². The van der Waals surface area contributed by atoms with E-state index in [2.05, 4.69) is 0 Å². The van der Waals surface area contributed by atoms with Crippen molar-refractivity contribution < 1.29 is 40.6 Å². The lowest BCUT2D eigenvalue weighted by Crippen LogP contribution is -2.15. The maximum Gasteiger partial charge on any atom is 0.416 e. The number of hydrogen-bond donors (Lipinski definition) is 0. The van der Waals surface area contributed by atoms with Crippen LogP contribution < -0.4 is 4.74 Å². The van der Waals surface area contributed by atoms with Gasteiger partial charge in [-0.3, -0.25) is 4.79 Å². The Bertz CT molecular complexity index is 1200. The molecule has 0 bridgehead atoms. The summed E-state index contributed by atoms with van der Waals surface area (Å²) in [4.78, 5) is 12.0. The Balaban J connectivity index is 1.57. The number of fused-ring (bicyclic) bond motifs is 3. The SMILES string of the molecule is CCOC(=O)CC1CCCc2c1cc1cc(OCc3cc(C(F)(F)F)cc(C(F)(F)F)c3)ccn21. The fraction of sp³-hybridized carbons (Fsp3) is 0.400. The zero-order valence-electron chi connectivity index (χ0n) is 18.8. The molecular weight excluding hydrogens is 476 g/mol. The van der Waals surface area contributed by atoms with Crippen molar-refractivity contribution in [2.24, 2.45) is 0 Å². The molecule has 1 aliphatic carbocycles. The maximum absolute atomic E-state index is 13.1. The number of hydrogen-bond acceptors (Lipinski definition) is 3. The van der Waals surface area contributed by atoms with E-state index in [1.54, 1.807) is 25.3 Å². The third kappa shape index (κ3) is 5.57. The van der Waals surface area contributed by atoms with Crippen LogP contribution in [0.1, 0.15) is 60.1 Å². The molecule has 0 spiro atoms. The molecule has 0 amide bonds. The van der Waals surface area contributed by atoms with E-state index in [1.165, 1.54) is 0 Å². The molecule has 188 valence electrons. The highest BCUT2D eigenvalue weighted by Crippen LogP contribution is 2.38. The molecule has 0 aliphatic heterocycles. The summed E-state index contributed by atoms with van der Waals surface area (Å²) in [6.07, 6.45) is -5.21. The summed E-state index contributed by atoms with van der Waals surface area (Å²) in [5.74, 6) is 0.0668. The van der Waals surface area contributed by atoms with E-state index in [0.717, 1.165) is 36.0 Å². The van der Waals surface area contributed by atoms with Crippen molar-refractivity contribution in [1.82, 2.24) is 4.40 Å². The molecule has 3 aromatic rings. The van der Waals surface area contributed by atoms with Gasteiger partial charge in [0.25, 0.3) is 0 Å². The number of aryl methyl sites for hydroxylation is 1. The van der Waals surface area contributed by atoms with Gasteiger partial charge in [0.2, 0.25) is 0 Å². The Morgan fingerprint density at radius 2 is 1.71 bits per heavy atom. The van der Waals surface area contributed by atoms with E-state index in [4.69, 9.17) is 9.47 Å². The second-order valence-corrected chi connectivity index (χ2v) is 8.50. The standard InChI is InChI=1S/C25H23F6NO3/c1-2-34-23(33)10-16-4-3-5-22-21(16)13-19-12-20(6-7-32(19)22)35-14-15-8-17(24(26,27)28)11-18(9-15)25(29,30)31/h6-9,11-13,16H,2-5,10,14H2,1H3. The summed E-state index contributed by atoms with van der Waals surface area (Å²) >= 11 is 0. The number of nitrogens with zero attached hydrogens (tertiary/aromatic N) is 1. The van der Waals surface area contributed by atoms with Gasteiger partial charge in [-0.25, -0.2) is 0 Å². The predicted molar refractivity (Wildman–Crippen MR) is 115 cm³/mol. The molecule has 1 aromatic carbocycles. The van der Waals surface area contributed by atoms with Gasteiger partial charge in [-0.2, -0.15) is 26.3 Å². The highest BCUT2D eigenvalue weighted by molar-refractivity contribution is 5.71. The molecule has 1 unspecified atom stereocenters. The van der Waals surface area contributed by atoms with Gasteiger partial charge in [-0.1, -0.05) is 0 Å². The molecule has 1 atom stereocenters. The van der Waals surface area contributed by atoms with Crippen LogP contribution in [-0.2, 0) is 34.9 Å². The quantitative estimate of drug-likeness (QED) is 0.273. The van der Waals surface area contributed by atoms with Crippen LogP contribution in [0.5, 0.6) is 5.75 Å². The summed E-state index contributed by atoms with van der Waals surface area (Å²) < 4.78 is 91.2. The van der Waals surface area contributed by atoms with Crippen molar-refractivity contribution in [3.8, 4) is 5.75 Å². The number of pyridine rings is 1. The van der Waals surface area contributed by atoms with E-state index < -0.39 is 30.1 Å². The minimum atomic E-state index is -4.92. The second kappa shape index (κ2) is 9.47. The van der Waals surface area contributed by atoms with Gasteiger partial charge in [0.1, 0.15) is 12.4 Å². The molecule has 1 aliphatic rings. The summed E-state index contributed by atoms with van der Waals surface area (Å²) in [6, 6.07) is 6.64. The van der Waals surface area contributed by atoms with Crippen molar-refractivity contribution in [3.05, 3.63) is 70.5 Å². The van der Waals surface area contributed by atoms with E-state index in [1.807, 2.05) is 10.5 Å². The van der Waals surface area contributed by atoms with Crippen molar-refractivity contribution in [3.63, 3.8) is 0 Å². The number of aromatic nitrogens is 1. The molecule has 2 aromatic heterocycles. The van der Waals surface area contributed by atoms with Gasteiger partial charge in [0.05, 0.1) is 24.2 Å². The van der Waals surface area contributed by atoms with Gasteiger partial charge in [0, 0.05) is 23.5 Å². The van der Waals surface area contributed by atoms with Gasteiger partial charge in [-0.05, 0) is 73.6 Å². The molecule has 0 saturated heterocycles. The van der Waals surface area contributed by atoms with Crippen molar-refractivity contribution in [2.45, 2.75) is 57.5 Å². The number of carbonyl (C=O) groups is 1. The Hall–Kier alpha value is -3.17. The average Bonchev–Trinajstić information content (AvgIpc) is 3.15. The molecule has 0 radical (unpaired) electrons. The third-order valence-electron chi connectivity index (χ3n) is 6.06. The number of halogens is 6. The molecule has 4 nitrogen and oxygen atoms in total. The lowest BCUT2D eigenvalue weighted by atomic mass is 9.85. The fourth-order valence-electron chi connectivity index (χ4n) is 4.52. The van der Waals surface area contributed by atoms with Gasteiger partial charge >= 0.3 is 18.3 Å². The van der Waals surface area contributed by atoms with Crippen LogP contribution in [0.2, 0.25) is 0 Å². The lowest BCUT2D eigenvalue weighted by Gasteiger charge is -2.22. The molecule has 4 rings (SSSR count). The van der Waals surface area contributed by atoms with E-state index >= 15 is 0 Å². The zero-order valence-corrected chi connectivity index (χ0v) is 18.8. The van der Waals surface area contributed by atoms with Crippen LogP contribution in [0.3, 0.4) is 0 Å². The van der Waals surface area contributed by atoms with Crippen LogP contribution in [0, 0.1) is 0 Å². The first kappa shape index (κ1) is 24.9. The molecule has 35 heavy (non-hydrogen) atoms. The van der Waals surface area contributed by atoms with Crippen LogP contribution in [-0.4, -0.2) is 17.0 Å². The monoisotopic (exact) mass is 499 g/mol. The number of ether oxygens (including phenoxy) is 2. The summed E-state index contributed by atoms with van der Waals surface area (Å²) in [5.41, 5.74) is -0.130. The molecule has 0 saturated carbocycles. The molecule has 0 N–H and O–H groups in total. The summed E-state index contributed by atoms with van der Waals surface area (Å²) in [5, 5.41) is 0. The maximum atomic E-state index is 13.1. The number of esters is 1. The Morgan fingerprint density at radius 3 is 2.34 bits per heavy atom. The topological polar surface area (TPSA) is 39.9 Å². The van der Waals surface area contributed by atoms with Crippen LogP contribution in [0.15, 0.2) is 42.6 Å². The predicted octanol–water partition coefficient (Wildman–Crippen LogP) is 6.93. The zero-order chi connectivity index (χ0) is 25.4. The fourth-order valence-corrected chi connectivity index (χ4v) is 4.52. The lowest BCUT2D eigenvalue weighted by molar-refractivity contribution is -0.144. The van der Waals surface area contributed by atoms with Gasteiger partial charge in [0.15, 0.2) is 0 Å². The second-order valence-electron chi connectivity index (χ2n) is 8.50. The molecule has 0 fully saturated rings. The smallest absolute Gasteiger partial charge is 0.416 e. The first-order chi connectivity index (χ1) is 16.5. The normalized spacial score (nSPS) is 16.3. The largest absolute Gasteiger partial charge is 0.489 e. The van der Waals surface area contributed by atoms with Crippen LogP contribution in [0.25, 0.3) is 5.52 Å².